The second-order valence-electron chi connectivity index (χ2n) is 5.29. The smallest absolute Gasteiger partial charge is 0.214 e. The number of carbonyl (C=O) groups is 1. The van der Waals surface area contributed by atoms with Crippen LogP contribution in [-0.2, 0) is 0 Å². The van der Waals surface area contributed by atoms with Crippen molar-refractivity contribution in [2.24, 2.45) is 0 Å². The van der Waals surface area contributed by atoms with Crippen LogP contribution in [0.2, 0.25) is 0 Å². The summed E-state index contributed by atoms with van der Waals surface area (Å²) in [4.78, 5) is 12.6. The lowest BCUT2D eigenvalue weighted by molar-refractivity contribution is 0.0994. The van der Waals surface area contributed by atoms with Crippen LogP contribution < -0.4 is 4.74 Å². The van der Waals surface area contributed by atoms with Crippen LogP contribution >= 0.6 is 11.8 Å². The first kappa shape index (κ1) is 17.2. The molecule has 3 rings (SSSR count). The number of aromatic nitrogens is 4. The maximum Gasteiger partial charge on any atom is 0.214 e. The maximum absolute atomic E-state index is 12.6. The minimum Gasteiger partial charge on any atom is -0.494 e. The maximum atomic E-state index is 12.6. The average Bonchev–Trinajstić information content (AvgIpc) is 3.11. The van der Waals surface area contributed by atoms with Crippen LogP contribution in [0.1, 0.15) is 24.2 Å². The molecule has 0 saturated carbocycles. The molecule has 0 unspecified atom stereocenters. The molecule has 0 spiro atoms. The second-order valence-corrected chi connectivity index (χ2v) is 6.60. The largest absolute Gasteiger partial charge is 0.494 e. The van der Waals surface area contributed by atoms with E-state index in [4.69, 9.17) is 4.74 Å². The molecule has 0 bridgehead atoms. The standard InChI is InChI=1S/C18H18N4O2S/c1-3-24-16-11-9-14(10-12-16)17(23)13(2)25-18-19-20-21-22(18)15-7-5-4-6-8-15/h4-13H,3H2,1-2H3/t13-/m1/s1. The van der Waals surface area contributed by atoms with Gasteiger partial charge in [0.1, 0.15) is 5.75 Å². The van der Waals surface area contributed by atoms with Crippen LogP contribution in [0, 0.1) is 0 Å². The number of hydrogen-bond donors (Lipinski definition) is 0. The quantitative estimate of drug-likeness (QED) is 0.478. The Morgan fingerprint density at radius 1 is 1.16 bits per heavy atom. The predicted molar refractivity (Wildman–Crippen MR) is 96.4 cm³/mol. The molecule has 0 saturated heterocycles. The van der Waals surface area contributed by atoms with Gasteiger partial charge in [0.15, 0.2) is 5.78 Å². The van der Waals surface area contributed by atoms with Crippen LogP contribution in [0.25, 0.3) is 5.69 Å². The fraction of sp³-hybridized carbons (Fsp3) is 0.222. The highest BCUT2D eigenvalue weighted by Gasteiger charge is 2.20. The van der Waals surface area contributed by atoms with Crippen molar-refractivity contribution in [3.8, 4) is 11.4 Å². The Morgan fingerprint density at radius 2 is 1.88 bits per heavy atom. The lowest BCUT2D eigenvalue weighted by atomic mass is 10.1. The van der Waals surface area contributed by atoms with Crippen molar-refractivity contribution in [1.29, 1.82) is 0 Å². The third-order valence-electron chi connectivity index (χ3n) is 3.54. The van der Waals surface area contributed by atoms with E-state index < -0.39 is 0 Å². The van der Waals surface area contributed by atoms with Crippen molar-refractivity contribution in [1.82, 2.24) is 20.2 Å². The first-order valence-electron chi connectivity index (χ1n) is 7.96. The van der Waals surface area contributed by atoms with Crippen LogP contribution in [0.3, 0.4) is 0 Å². The zero-order valence-corrected chi connectivity index (χ0v) is 14.8. The Bertz CT molecular complexity index is 834. The van der Waals surface area contributed by atoms with Crippen molar-refractivity contribution >= 4 is 17.5 Å². The van der Waals surface area contributed by atoms with Gasteiger partial charge < -0.3 is 4.74 Å². The topological polar surface area (TPSA) is 69.9 Å². The van der Waals surface area contributed by atoms with Crippen LogP contribution in [0.4, 0.5) is 0 Å². The van der Waals surface area contributed by atoms with Gasteiger partial charge in [-0.3, -0.25) is 4.79 Å². The Morgan fingerprint density at radius 3 is 2.56 bits per heavy atom. The molecule has 1 atom stereocenters. The van der Waals surface area contributed by atoms with Gasteiger partial charge in [0.2, 0.25) is 5.16 Å². The molecule has 0 amide bonds. The molecule has 0 radical (unpaired) electrons. The summed E-state index contributed by atoms with van der Waals surface area (Å²) in [5.41, 5.74) is 1.50. The van der Waals surface area contributed by atoms with Crippen LogP contribution in [0.5, 0.6) is 5.75 Å². The number of tetrazole rings is 1. The number of nitrogens with zero attached hydrogens (tertiary/aromatic N) is 4. The molecule has 25 heavy (non-hydrogen) atoms. The summed E-state index contributed by atoms with van der Waals surface area (Å²) in [5, 5.41) is 12.0. The zero-order valence-electron chi connectivity index (χ0n) is 14.0. The molecular weight excluding hydrogens is 336 g/mol. The Balaban J connectivity index is 1.73. The van der Waals surface area contributed by atoms with Crippen molar-refractivity contribution in [3.63, 3.8) is 0 Å². The number of ether oxygens (including phenoxy) is 1. The van der Waals surface area contributed by atoms with Gasteiger partial charge in [0, 0.05) is 5.56 Å². The van der Waals surface area contributed by atoms with Crippen LogP contribution in [0.15, 0.2) is 59.8 Å². The molecule has 0 aliphatic carbocycles. The molecular formula is C18H18N4O2S. The van der Waals surface area contributed by atoms with Gasteiger partial charge in [0.25, 0.3) is 0 Å². The minimum atomic E-state index is -0.314. The van der Waals surface area contributed by atoms with E-state index in [9.17, 15) is 4.79 Å². The molecule has 1 heterocycles. The van der Waals surface area contributed by atoms with Gasteiger partial charge in [-0.25, -0.2) is 0 Å². The predicted octanol–water partition coefficient (Wildman–Crippen LogP) is 3.42. The van der Waals surface area contributed by atoms with Gasteiger partial charge in [-0.15, -0.1) is 5.10 Å². The zero-order chi connectivity index (χ0) is 17.6. The minimum absolute atomic E-state index is 0.0238. The molecule has 0 fully saturated rings. The van der Waals surface area contributed by atoms with Crippen molar-refractivity contribution in [3.05, 3.63) is 60.2 Å². The van der Waals surface area contributed by atoms with E-state index in [1.54, 1.807) is 16.8 Å². The summed E-state index contributed by atoms with van der Waals surface area (Å²) in [6.07, 6.45) is 0. The second kappa shape index (κ2) is 7.94. The number of carbonyl (C=O) groups excluding carboxylic acids is 1. The lowest BCUT2D eigenvalue weighted by Gasteiger charge is -2.11. The molecule has 7 heteroatoms. The fourth-order valence-electron chi connectivity index (χ4n) is 2.31. The summed E-state index contributed by atoms with van der Waals surface area (Å²) < 4.78 is 7.04. The van der Waals surface area contributed by atoms with Gasteiger partial charge in [0.05, 0.1) is 17.5 Å². The number of thioether (sulfide) groups is 1. The molecule has 0 N–H and O–H groups in total. The summed E-state index contributed by atoms with van der Waals surface area (Å²) in [5.74, 6) is 0.781. The van der Waals surface area contributed by atoms with Gasteiger partial charge in [-0.05, 0) is 60.7 Å². The molecule has 2 aromatic carbocycles. The summed E-state index contributed by atoms with van der Waals surface area (Å²) in [6, 6.07) is 16.8. The van der Waals surface area contributed by atoms with Crippen molar-refractivity contribution < 1.29 is 9.53 Å². The molecule has 0 aliphatic heterocycles. The summed E-state index contributed by atoms with van der Waals surface area (Å²) >= 11 is 1.34. The Labute approximate surface area is 150 Å². The highest BCUT2D eigenvalue weighted by Crippen LogP contribution is 2.25. The van der Waals surface area contributed by atoms with E-state index >= 15 is 0 Å². The van der Waals surface area contributed by atoms with Crippen molar-refractivity contribution in [2.45, 2.75) is 24.3 Å². The number of rotatable bonds is 7. The first-order valence-corrected chi connectivity index (χ1v) is 8.84. The third kappa shape index (κ3) is 4.06. The van der Waals surface area contributed by atoms with E-state index in [1.807, 2.05) is 56.3 Å². The van der Waals surface area contributed by atoms with Gasteiger partial charge >= 0.3 is 0 Å². The Kier molecular flexibility index (Phi) is 5.45. The number of hydrogen-bond acceptors (Lipinski definition) is 6. The summed E-state index contributed by atoms with van der Waals surface area (Å²) in [7, 11) is 0. The number of benzene rings is 2. The number of ketones is 1. The van der Waals surface area contributed by atoms with E-state index in [0.29, 0.717) is 17.3 Å². The average molecular weight is 354 g/mol. The number of para-hydroxylation sites is 1. The molecule has 0 aliphatic rings. The Hall–Kier alpha value is -2.67. The highest BCUT2D eigenvalue weighted by molar-refractivity contribution is 8.00. The molecule has 6 nitrogen and oxygen atoms in total. The van der Waals surface area contributed by atoms with Gasteiger partial charge in [-0.2, -0.15) is 4.68 Å². The van der Waals surface area contributed by atoms with Crippen LogP contribution in [-0.4, -0.2) is 37.8 Å². The fourth-order valence-corrected chi connectivity index (χ4v) is 3.20. The van der Waals surface area contributed by atoms with Crippen molar-refractivity contribution in [2.75, 3.05) is 6.61 Å². The SMILES string of the molecule is CCOc1ccc(C(=O)[C@@H](C)Sc2nnnn2-c2ccccc2)cc1. The van der Waals surface area contributed by atoms with E-state index in [1.165, 1.54) is 11.8 Å². The lowest BCUT2D eigenvalue weighted by Crippen LogP contribution is -2.14. The monoisotopic (exact) mass is 354 g/mol. The highest BCUT2D eigenvalue weighted by atomic mass is 32.2. The third-order valence-corrected chi connectivity index (χ3v) is 4.58. The van der Waals surface area contributed by atoms with E-state index in [-0.39, 0.29) is 11.0 Å². The normalized spacial score (nSPS) is 11.9. The van der Waals surface area contributed by atoms with E-state index in [2.05, 4.69) is 15.5 Å². The first-order chi connectivity index (χ1) is 12.2. The van der Waals surface area contributed by atoms with Gasteiger partial charge in [-0.1, -0.05) is 30.0 Å². The summed E-state index contributed by atoms with van der Waals surface area (Å²) in [6.45, 7) is 4.38. The molecule has 128 valence electrons. The molecule has 3 aromatic rings. The number of Topliss-reactive ketones (excluding diaryl/α,β-unsaturated/α-hetero) is 1. The van der Waals surface area contributed by atoms with E-state index in [0.717, 1.165) is 11.4 Å². The molecule has 1 aromatic heterocycles.